The Kier molecular flexibility index (Phi) is 5.72. The number of nitrogens with one attached hydrogen (secondary N) is 2. The van der Waals surface area contributed by atoms with Crippen molar-refractivity contribution in [2.75, 3.05) is 24.0 Å². The van der Waals surface area contributed by atoms with Gasteiger partial charge in [0.25, 0.3) is 0 Å². The lowest BCUT2D eigenvalue weighted by atomic mass is 10.2. The van der Waals surface area contributed by atoms with Crippen LogP contribution in [0.15, 0.2) is 53.4 Å². The summed E-state index contributed by atoms with van der Waals surface area (Å²) in [7, 11) is 1.58. The van der Waals surface area contributed by atoms with Crippen molar-refractivity contribution in [1.29, 1.82) is 0 Å². The fourth-order valence-corrected chi connectivity index (χ4v) is 2.61. The molecule has 0 spiro atoms. The summed E-state index contributed by atoms with van der Waals surface area (Å²) in [5, 5.41) is 6.13. The molecule has 5 heteroatoms. The highest BCUT2D eigenvalue weighted by Gasteiger charge is 2.15. The molecule has 1 amide bonds. The highest BCUT2D eigenvalue weighted by molar-refractivity contribution is 7.98. The number of rotatable bonds is 6. The van der Waals surface area contributed by atoms with Gasteiger partial charge in [-0.3, -0.25) is 4.79 Å². The van der Waals surface area contributed by atoms with Gasteiger partial charge in [-0.1, -0.05) is 24.3 Å². The van der Waals surface area contributed by atoms with Crippen molar-refractivity contribution < 1.29 is 9.53 Å². The van der Waals surface area contributed by atoms with Crippen LogP contribution in [0.4, 0.5) is 11.4 Å². The van der Waals surface area contributed by atoms with E-state index in [1.165, 1.54) is 0 Å². The summed E-state index contributed by atoms with van der Waals surface area (Å²) >= 11 is 1.64. The Balaban J connectivity index is 2.06. The molecule has 4 nitrogen and oxygen atoms in total. The summed E-state index contributed by atoms with van der Waals surface area (Å²) in [5.41, 5.74) is 1.62. The maximum absolute atomic E-state index is 12.3. The number of thioether (sulfide) groups is 1. The lowest BCUT2D eigenvalue weighted by Gasteiger charge is -2.18. The molecule has 2 rings (SSSR count). The fourth-order valence-electron chi connectivity index (χ4n) is 2.05. The Morgan fingerprint density at radius 3 is 2.41 bits per heavy atom. The van der Waals surface area contributed by atoms with Gasteiger partial charge in [0.1, 0.15) is 11.8 Å². The van der Waals surface area contributed by atoms with Gasteiger partial charge in [-0.25, -0.2) is 0 Å². The molecule has 22 heavy (non-hydrogen) atoms. The van der Waals surface area contributed by atoms with Gasteiger partial charge in [0.15, 0.2) is 0 Å². The molecule has 0 aliphatic rings. The average molecular weight is 316 g/mol. The number of para-hydroxylation sites is 3. The fraction of sp³-hybridized carbons (Fsp3) is 0.235. The Bertz CT molecular complexity index is 646. The Morgan fingerprint density at radius 2 is 1.73 bits per heavy atom. The van der Waals surface area contributed by atoms with E-state index in [1.807, 2.05) is 61.7 Å². The molecular formula is C17H20N2O2S. The molecule has 0 bridgehead atoms. The first-order valence-electron chi connectivity index (χ1n) is 6.99. The van der Waals surface area contributed by atoms with E-state index in [0.29, 0.717) is 11.4 Å². The summed E-state index contributed by atoms with van der Waals surface area (Å²) < 4.78 is 5.24. The number of amides is 1. The second-order valence-corrected chi connectivity index (χ2v) is 5.60. The first-order valence-corrected chi connectivity index (χ1v) is 8.21. The third-order valence-electron chi connectivity index (χ3n) is 3.24. The van der Waals surface area contributed by atoms with Crippen LogP contribution in [0.25, 0.3) is 0 Å². The number of benzene rings is 2. The van der Waals surface area contributed by atoms with Gasteiger partial charge >= 0.3 is 0 Å². The number of anilines is 2. The highest BCUT2D eigenvalue weighted by atomic mass is 32.2. The normalized spacial score (nSPS) is 11.6. The zero-order valence-electron chi connectivity index (χ0n) is 12.9. The highest BCUT2D eigenvalue weighted by Crippen LogP contribution is 2.26. The summed E-state index contributed by atoms with van der Waals surface area (Å²) in [6.45, 7) is 1.84. The van der Waals surface area contributed by atoms with Gasteiger partial charge in [-0.05, 0) is 37.4 Å². The van der Waals surface area contributed by atoms with Crippen LogP contribution in [-0.4, -0.2) is 25.3 Å². The summed E-state index contributed by atoms with van der Waals surface area (Å²) in [6.07, 6.45) is 2.01. The molecule has 2 aromatic carbocycles. The molecule has 0 heterocycles. The van der Waals surface area contributed by atoms with Crippen LogP contribution >= 0.6 is 11.8 Å². The van der Waals surface area contributed by atoms with Gasteiger partial charge in [-0.2, -0.15) is 0 Å². The summed E-state index contributed by atoms with van der Waals surface area (Å²) in [4.78, 5) is 13.5. The first kappa shape index (κ1) is 16.2. The molecule has 0 saturated carbocycles. The number of ether oxygens (including phenoxy) is 1. The molecule has 0 fully saturated rings. The van der Waals surface area contributed by atoms with Crippen molar-refractivity contribution in [1.82, 2.24) is 0 Å². The van der Waals surface area contributed by atoms with E-state index >= 15 is 0 Å². The molecule has 0 radical (unpaired) electrons. The number of methoxy groups -OCH3 is 1. The third kappa shape index (κ3) is 3.95. The van der Waals surface area contributed by atoms with E-state index < -0.39 is 0 Å². The minimum atomic E-state index is -0.363. The summed E-state index contributed by atoms with van der Waals surface area (Å²) in [6, 6.07) is 14.9. The second kappa shape index (κ2) is 7.75. The van der Waals surface area contributed by atoms with Crippen molar-refractivity contribution in [2.45, 2.75) is 17.9 Å². The van der Waals surface area contributed by atoms with Crippen LogP contribution in [0.2, 0.25) is 0 Å². The SMILES string of the molecule is COc1ccccc1NC(=O)[C@H](C)Nc1ccccc1SC. The largest absolute Gasteiger partial charge is 0.495 e. The zero-order chi connectivity index (χ0) is 15.9. The molecule has 0 aliphatic heterocycles. The molecule has 116 valence electrons. The Labute approximate surface area is 135 Å². The topological polar surface area (TPSA) is 50.4 Å². The molecule has 2 N–H and O–H groups in total. The van der Waals surface area contributed by atoms with Gasteiger partial charge in [0.2, 0.25) is 5.91 Å². The molecule has 2 aromatic rings. The lowest BCUT2D eigenvalue weighted by Crippen LogP contribution is -2.32. The monoisotopic (exact) mass is 316 g/mol. The van der Waals surface area contributed by atoms with Crippen LogP contribution < -0.4 is 15.4 Å². The number of carbonyl (C=O) groups excluding carboxylic acids is 1. The average Bonchev–Trinajstić information content (AvgIpc) is 2.55. The van der Waals surface area contributed by atoms with Crippen molar-refractivity contribution >= 4 is 29.0 Å². The first-order chi connectivity index (χ1) is 10.7. The van der Waals surface area contributed by atoms with E-state index in [-0.39, 0.29) is 11.9 Å². The maximum atomic E-state index is 12.3. The van der Waals surface area contributed by atoms with Crippen molar-refractivity contribution in [2.24, 2.45) is 0 Å². The van der Waals surface area contributed by atoms with Crippen LogP contribution in [0.5, 0.6) is 5.75 Å². The maximum Gasteiger partial charge on any atom is 0.246 e. The van der Waals surface area contributed by atoms with Crippen LogP contribution in [-0.2, 0) is 4.79 Å². The minimum absolute atomic E-state index is 0.111. The lowest BCUT2D eigenvalue weighted by molar-refractivity contribution is -0.116. The Hall–Kier alpha value is -2.14. The molecule has 0 aromatic heterocycles. The quantitative estimate of drug-likeness (QED) is 0.795. The van der Waals surface area contributed by atoms with E-state index in [1.54, 1.807) is 18.9 Å². The van der Waals surface area contributed by atoms with Crippen LogP contribution in [0.1, 0.15) is 6.92 Å². The van der Waals surface area contributed by atoms with Gasteiger partial charge < -0.3 is 15.4 Å². The van der Waals surface area contributed by atoms with E-state index in [2.05, 4.69) is 10.6 Å². The molecule has 0 saturated heterocycles. The molecule has 1 atom stereocenters. The van der Waals surface area contributed by atoms with E-state index in [0.717, 1.165) is 10.6 Å². The Morgan fingerprint density at radius 1 is 1.09 bits per heavy atom. The van der Waals surface area contributed by atoms with Crippen molar-refractivity contribution in [3.05, 3.63) is 48.5 Å². The van der Waals surface area contributed by atoms with Crippen molar-refractivity contribution in [3.63, 3.8) is 0 Å². The van der Waals surface area contributed by atoms with E-state index in [9.17, 15) is 4.79 Å². The molecule has 0 unspecified atom stereocenters. The number of carbonyl (C=O) groups is 1. The van der Waals surface area contributed by atoms with E-state index in [4.69, 9.17) is 4.74 Å². The minimum Gasteiger partial charge on any atom is -0.495 e. The summed E-state index contributed by atoms with van der Waals surface area (Å²) in [5.74, 6) is 0.535. The predicted octanol–water partition coefficient (Wildman–Crippen LogP) is 3.86. The third-order valence-corrected chi connectivity index (χ3v) is 4.03. The number of hydrogen-bond acceptors (Lipinski definition) is 4. The van der Waals surface area contributed by atoms with Gasteiger partial charge in [0, 0.05) is 10.6 Å². The zero-order valence-corrected chi connectivity index (χ0v) is 13.7. The molecule has 0 aliphatic carbocycles. The van der Waals surface area contributed by atoms with Crippen LogP contribution in [0.3, 0.4) is 0 Å². The van der Waals surface area contributed by atoms with Gasteiger partial charge in [0.05, 0.1) is 12.8 Å². The van der Waals surface area contributed by atoms with Crippen molar-refractivity contribution in [3.8, 4) is 5.75 Å². The number of hydrogen-bond donors (Lipinski definition) is 2. The predicted molar refractivity (Wildman–Crippen MR) is 92.9 cm³/mol. The smallest absolute Gasteiger partial charge is 0.246 e. The second-order valence-electron chi connectivity index (χ2n) is 4.76. The van der Waals surface area contributed by atoms with Gasteiger partial charge in [-0.15, -0.1) is 11.8 Å². The standard InChI is InChI=1S/C17H20N2O2S/c1-12(18-14-9-5-7-11-16(14)22-3)17(20)19-13-8-4-6-10-15(13)21-2/h4-12,18H,1-3H3,(H,19,20)/t12-/m0/s1. The molecular weight excluding hydrogens is 296 g/mol. The van der Waals surface area contributed by atoms with Crippen LogP contribution in [0, 0.1) is 0 Å².